The Hall–Kier alpha value is -0.730. The molecule has 0 radical (unpaired) electrons. The number of rotatable bonds is 22. The first-order valence-corrected chi connectivity index (χ1v) is 9.88. The van der Waals surface area contributed by atoms with Crippen LogP contribution in [0.4, 0.5) is 0 Å². The minimum Gasteiger partial charge on any atom is -0.480 e. The summed E-state index contributed by atoms with van der Waals surface area (Å²) < 4.78 is 26.4. The molecule has 7 heteroatoms. The van der Waals surface area contributed by atoms with Gasteiger partial charge in [-0.15, -0.1) is 0 Å². The Bertz CT molecular complexity index is 287. The van der Waals surface area contributed by atoms with Crippen LogP contribution in [0.1, 0.15) is 51.9 Å². The van der Waals surface area contributed by atoms with Crippen LogP contribution in [-0.2, 0) is 28.5 Å². The zero-order valence-corrected chi connectivity index (χ0v) is 16.4. The third kappa shape index (κ3) is 23.3. The third-order valence-corrected chi connectivity index (χ3v) is 3.61. The van der Waals surface area contributed by atoms with E-state index in [0.29, 0.717) is 46.2 Å². The first-order chi connectivity index (χ1) is 12.8. The molecule has 0 aromatic heterocycles. The van der Waals surface area contributed by atoms with E-state index in [1.165, 1.54) is 38.5 Å². The zero-order valence-electron chi connectivity index (χ0n) is 16.4. The highest BCUT2D eigenvalue weighted by Gasteiger charge is 1.96. The summed E-state index contributed by atoms with van der Waals surface area (Å²) in [5.74, 6) is -0.975. The maximum absolute atomic E-state index is 10.2. The largest absolute Gasteiger partial charge is 0.480 e. The van der Waals surface area contributed by atoms with E-state index in [0.717, 1.165) is 13.0 Å². The van der Waals surface area contributed by atoms with Crippen molar-refractivity contribution >= 4 is 5.97 Å². The normalized spacial score (nSPS) is 11.1. The van der Waals surface area contributed by atoms with E-state index >= 15 is 0 Å². The highest BCUT2D eigenvalue weighted by Crippen LogP contribution is 2.06. The van der Waals surface area contributed by atoms with Gasteiger partial charge in [0.05, 0.1) is 52.9 Å². The van der Waals surface area contributed by atoms with E-state index in [2.05, 4.69) is 6.92 Å². The van der Waals surface area contributed by atoms with Crippen LogP contribution in [-0.4, -0.2) is 77.1 Å². The monoisotopic (exact) mass is 378 g/mol. The lowest BCUT2D eigenvalue weighted by Crippen LogP contribution is -2.14. The van der Waals surface area contributed by atoms with Gasteiger partial charge in [0, 0.05) is 6.61 Å². The molecule has 0 amide bonds. The van der Waals surface area contributed by atoms with E-state index in [1.807, 2.05) is 0 Å². The average molecular weight is 379 g/mol. The Morgan fingerprint density at radius 2 is 0.962 bits per heavy atom. The van der Waals surface area contributed by atoms with Crippen LogP contribution in [0.5, 0.6) is 0 Å². The fraction of sp³-hybridized carbons (Fsp3) is 0.947. The van der Waals surface area contributed by atoms with Gasteiger partial charge in [-0.3, -0.25) is 0 Å². The second-order valence-electron chi connectivity index (χ2n) is 6.02. The van der Waals surface area contributed by atoms with Crippen molar-refractivity contribution in [2.75, 3.05) is 66.1 Å². The van der Waals surface area contributed by atoms with Crippen LogP contribution < -0.4 is 0 Å². The lowest BCUT2D eigenvalue weighted by atomic mass is 10.1. The predicted molar refractivity (Wildman–Crippen MR) is 99.7 cm³/mol. The number of hydrogen-bond acceptors (Lipinski definition) is 6. The molecule has 0 aliphatic heterocycles. The molecule has 156 valence electrons. The van der Waals surface area contributed by atoms with Crippen LogP contribution >= 0.6 is 0 Å². The molecule has 0 aromatic carbocycles. The van der Waals surface area contributed by atoms with Crippen LogP contribution in [0.2, 0.25) is 0 Å². The van der Waals surface area contributed by atoms with Gasteiger partial charge >= 0.3 is 5.97 Å². The average Bonchev–Trinajstić information content (AvgIpc) is 2.62. The fourth-order valence-electron chi connectivity index (χ4n) is 2.20. The molecule has 0 aromatic rings. The van der Waals surface area contributed by atoms with Crippen molar-refractivity contribution in [1.82, 2.24) is 0 Å². The lowest BCUT2D eigenvalue weighted by Gasteiger charge is -2.07. The molecule has 0 atom stereocenters. The van der Waals surface area contributed by atoms with E-state index in [1.54, 1.807) is 0 Å². The van der Waals surface area contributed by atoms with Crippen LogP contribution in [0, 0.1) is 0 Å². The smallest absolute Gasteiger partial charge is 0.329 e. The Morgan fingerprint density at radius 3 is 1.42 bits per heavy atom. The van der Waals surface area contributed by atoms with Gasteiger partial charge in [0.2, 0.25) is 0 Å². The first-order valence-electron chi connectivity index (χ1n) is 9.88. The van der Waals surface area contributed by atoms with Crippen molar-refractivity contribution in [3.63, 3.8) is 0 Å². The first kappa shape index (κ1) is 25.3. The summed E-state index contributed by atoms with van der Waals surface area (Å²) in [5, 5.41) is 8.37. The molecule has 0 fully saturated rings. The van der Waals surface area contributed by atoms with Gasteiger partial charge in [-0.25, -0.2) is 4.79 Å². The molecule has 0 aliphatic rings. The second kappa shape index (κ2) is 22.3. The standard InChI is InChI=1S/C19H38O7/c1-2-3-4-5-6-7-8-9-22-10-11-23-12-13-24-14-15-25-16-17-26-18-19(20)21/h2-18H2,1H3,(H,20,21). The Morgan fingerprint density at radius 1 is 0.577 bits per heavy atom. The lowest BCUT2D eigenvalue weighted by molar-refractivity contribution is -0.142. The van der Waals surface area contributed by atoms with E-state index in [9.17, 15) is 4.79 Å². The molecule has 1 N–H and O–H groups in total. The summed E-state index contributed by atoms with van der Waals surface area (Å²) in [6.45, 7) is 6.64. The van der Waals surface area contributed by atoms with Gasteiger partial charge in [-0.2, -0.15) is 0 Å². The topological polar surface area (TPSA) is 83.5 Å². The summed E-state index contributed by atoms with van der Waals surface area (Å²) in [5.41, 5.74) is 0. The van der Waals surface area contributed by atoms with Gasteiger partial charge < -0.3 is 28.8 Å². The van der Waals surface area contributed by atoms with Gasteiger partial charge in [-0.05, 0) is 6.42 Å². The van der Waals surface area contributed by atoms with Crippen molar-refractivity contribution in [1.29, 1.82) is 0 Å². The predicted octanol–water partition coefficient (Wildman–Crippen LogP) is 2.90. The van der Waals surface area contributed by atoms with Crippen molar-refractivity contribution in [3.05, 3.63) is 0 Å². The van der Waals surface area contributed by atoms with Gasteiger partial charge in [0.15, 0.2) is 0 Å². The molecule has 0 saturated heterocycles. The number of carboxylic acid groups (broad SMARTS) is 1. The summed E-state index contributed by atoms with van der Waals surface area (Å²) in [7, 11) is 0. The summed E-state index contributed by atoms with van der Waals surface area (Å²) in [4.78, 5) is 10.2. The molecular weight excluding hydrogens is 340 g/mol. The summed E-state index contributed by atoms with van der Waals surface area (Å²) >= 11 is 0. The van der Waals surface area contributed by atoms with E-state index < -0.39 is 5.97 Å². The fourth-order valence-corrected chi connectivity index (χ4v) is 2.20. The third-order valence-electron chi connectivity index (χ3n) is 3.61. The van der Waals surface area contributed by atoms with Gasteiger partial charge in [-0.1, -0.05) is 45.4 Å². The molecule has 7 nitrogen and oxygen atoms in total. The maximum atomic E-state index is 10.2. The summed E-state index contributed by atoms with van der Waals surface area (Å²) in [6.07, 6.45) is 9.07. The minimum absolute atomic E-state index is 0.272. The van der Waals surface area contributed by atoms with Gasteiger partial charge in [0.25, 0.3) is 0 Å². The van der Waals surface area contributed by atoms with Crippen LogP contribution in [0.15, 0.2) is 0 Å². The molecule has 0 heterocycles. The maximum Gasteiger partial charge on any atom is 0.329 e. The second-order valence-corrected chi connectivity index (χ2v) is 6.02. The molecule has 0 spiro atoms. The highest BCUT2D eigenvalue weighted by molar-refractivity contribution is 5.67. The van der Waals surface area contributed by atoms with Crippen LogP contribution in [0.25, 0.3) is 0 Å². The molecule has 0 aliphatic carbocycles. The van der Waals surface area contributed by atoms with Crippen molar-refractivity contribution in [2.24, 2.45) is 0 Å². The molecule has 26 heavy (non-hydrogen) atoms. The number of unbranched alkanes of at least 4 members (excludes halogenated alkanes) is 6. The minimum atomic E-state index is -0.975. The highest BCUT2D eigenvalue weighted by atomic mass is 16.6. The molecule has 0 rings (SSSR count). The van der Waals surface area contributed by atoms with Crippen molar-refractivity contribution in [3.8, 4) is 0 Å². The number of aliphatic carboxylic acids is 1. The number of carbonyl (C=O) groups is 1. The zero-order chi connectivity index (χ0) is 19.1. The van der Waals surface area contributed by atoms with E-state index in [-0.39, 0.29) is 13.2 Å². The molecular formula is C19H38O7. The molecule has 0 saturated carbocycles. The number of hydrogen-bond donors (Lipinski definition) is 1. The van der Waals surface area contributed by atoms with Crippen LogP contribution in [0.3, 0.4) is 0 Å². The van der Waals surface area contributed by atoms with Crippen molar-refractivity contribution < 1.29 is 33.6 Å². The molecule has 0 bridgehead atoms. The summed E-state index contributed by atoms with van der Waals surface area (Å²) in [6, 6.07) is 0. The van der Waals surface area contributed by atoms with Crippen molar-refractivity contribution in [2.45, 2.75) is 51.9 Å². The number of ether oxygens (including phenoxy) is 5. The van der Waals surface area contributed by atoms with Gasteiger partial charge in [0.1, 0.15) is 6.61 Å². The SMILES string of the molecule is CCCCCCCCCOCCOCCOCCOCCOCC(=O)O. The quantitative estimate of drug-likeness (QED) is 0.290. The number of carboxylic acids is 1. The molecule has 0 unspecified atom stereocenters. The Kier molecular flexibility index (Phi) is 21.7. The Labute approximate surface area is 158 Å². The Balaban J connectivity index is 2.98. The van der Waals surface area contributed by atoms with E-state index in [4.69, 9.17) is 28.8 Å².